The van der Waals surface area contributed by atoms with E-state index >= 15 is 0 Å². The van der Waals surface area contributed by atoms with Crippen molar-refractivity contribution in [3.8, 4) is 0 Å². The second-order valence-electron chi connectivity index (χ2n) is 8.32. The Morgan fingerprint density at radius 3 is 2.68 bits per heavy atom. The molecule has 1 N–H and O–H groups in total. The Bertz CT molecular complexity index is 1400. The van der Waals surface area contributed by atoms with Gasteiger partial charge in [-0.15, -0.1) is 0 Å². The van der Waals surface area contributed by atoms with Crippen LogP contribution < -0.4 is 5.32 Å². The van der Waals surface area contributed by atoms with Crippen molar-refractivity contribution in [1.82, 2.24) is 4.98 Å². The molecule has 1 amide bonds. The van der Waals surface area contributed by atoms with Crippen molar-refractivity contribution >= 4 is 49.6 Å². The number of hydrogen-bond acceptors (Lipinski definition) is 6. The van der Waals surface area contributed by atoms with Gasteiger partial charge in [-0.25, -0.2) is 17.8 Å². The number of halogens is 2. The highest BCUT2D eigenvalue weighted by Crippen LogP contribution is 2.43. The van der Waals surface area contributed by atoms with Gasteiger partial charge in [-0.1, -0.05) is 54.1 Å². The van der Waals surface area contributed by atoms with Crippen LogP contribution in [0.4, 0.5) is 9.52 Å². The van der Waals surface area contributed by atoms with Crippen LogP contribution >= 0.6 is 22.9 Å². The number of amides is 1. The van der Waals surface area contributed by atoms with Crippen molar-refractivity contribution in [2.75, 3.05) is 11.1 Å². The molecular formula is C24H22ClFN2O4S2. The van der Waals surface area contributed by atoms with E-state index in [1.807, 2.05) is 25.1 Å². The third-order valence-corrected chi connectivity index (χ3v) is 9.17. The third kappa shape index (κ3) is 4.52. The number of rotatable bonds is 6. The zero-order chi connectivity index (χ0) is 24.7. The zero-order valence-electron chi connectivity index (χ0n) is 18.5. The van der Waals surface area contributed by atoms with Gasteiger partial charge in [0, 0.05) is 5.02 Å². The molecule has 1 aliphatic rings. The summed E-state index contributed by atoms with van der Waals surface area (Å²) >= 11 is 7.45. The number of aromatic nitrogens is 1. The van der Waals surface area contributed by atoms with Gasteiger partial charge >= 0.3 is 0 Å². The summed E-state index contributed by atoms with van der Waals surface area (Å²) < 4.78 is 38.3. The van der Waals surface area contributed by atoms with Gasteiger partial charge in [0.05, 0.1) is 33.1 Å². The molecule has 0 fully saturated rings. The van der Waals surface area contributed by atoms with E-state index in [0.717, 1.165) is 23.0 Å². The molecule has 1 heterocycles. The summed E-state index contributed by atoms with van der Waals surface area (Å²) in [4.78, 5) is 30.7. The van der Waals surface area contributed by atoms with Gasteiger partial charge < -0.3 is 5.32 Å². The third-order valence-electron chi connectivity index (χ3n) is 6.10. The molecule has 34 heavy (non-hydrogen) atoms. The number of Topliss-reactive ketones (excluding diaryl/α,β-unsaturated/α-hetero) is 1. The van der Waals surface area contributed by atoms with Crippen LogP contribution in [0.1, 0.15) is 46.8 Å². The lowest BCUT2D eigenvalue weighted by molar-refractivity contribution is -0.115. The molecule has 1 unspecified atom stereocenters. The topological polar surface area (TPSA) is 93.2 Å². The average Bonchev–Trinajstić information content (AvgIpc) is 3.21. The highest BCUT2D eigenvalue weighted by atomic mass is 35.5. The predicted octanol–water partition coefficient (Wildman–Crippen LogP) is 5.00. The Morgan fingerprint density at radius 1 is 1.26 bits per heavy atom. The van der Waals surface area contributed by atoms with Crippen LogP contribution in [0.5, 0.6) is 0 Å². The second kappa shape index (κ2) is 9.20. The fourth-order valence-corrected chi connectivity index (χ4v) is 6.35. The van der Waals surface area contributed by atoms with E-state index in [1.54, 1.807) is 6.07 Å². The van der Waals surface area contributed by atoms with Crippen LogP contribution in [-0.2, 0) is 32.9 Å². The number of hydrogen-bond donors (Lipinski definition) is 1. The number of aryl methyl sites for hydroxylation is 1. The molecule has 1 aromatic heterocycles. The number of ketones is 1. The Labute approximate surface area is 206 Å². The molecule has 178 valence electrons. The number of sulfone groups is 1. The molecule has 0 bridgehead atoms. The Hall–Kier alpha value is -2.62. The number of nitrogens with zero attached hydrogens (tertiary/aromatic N) is 1. The van der Waals surface area contributed by atoms with E-state index in [-0.39, 0.29) is 33.5 Å². The number of anilines is 1. The van der Waals surface area contributed by atoms with E-state index in [9.17, 15) is 22.4 Å². The standard InChI is InChI=1S/C24H22ClFN2O4S2/c1-3-34(31,32)15-9-8-14(18(26)13-15)12-20(29)28-23-27-19-10-11-24(2,22(30)21(19)33-23)16-6-4-5-7-17(16)25/h4-9,13H,3,10-12H2,1-2H3,(H,27,28,29). The highest BCUT2D eigenvalue weighted by Gasteiger charge is 2.43. The van der Waals surface area contributed by atoms with E-state index in [0.29, 0.717) is 28.4 Å². The van der Waals surface area contributed by atoms with Crippen LogP contribution in [0.15, 0.2) is 47.4 Å². The lowest BCUT2D eigenvalue weighted by atomic mass is 9.71. The molecular weight excluding hydrogens is 499 g/mol. The first kappa shape index (κ1) is 24.5. The lowest BCUT2D eigenvalue weighted by Crippen LogP contribution is -2.37. The van der Waals surface area contributed by atoms with Crippen molar-refractivity contribution in [3.05, 3.63) is 75.0 Å². The maximum atomic E-state index is 14.4. The number of carbonyl (C=O) groups is 2. The quantitative estimate of drug-likeness (QED) is 0.494. The van der Waals surface area contributed by atoms with E-state index in [2.05, 4.69) is 10.3 Å². The average molecular weight is 521 g/mol. The molecule has 0 saturated carbocycles. The van der Waals surface area contributed by atoms with Gasteiger partial charge in [0.15, 0.2) is 20.8 Å². The van der Waals surface area contributed by atoms with Crippen molar-refractivity contribution in [3.63, 3.8) is 0 Å². The molecule has 4 rings (SSSR count). The lowest BCUT2D eigenvalue weighted by Gasteiger charge is -2.32. The normalized spacial score (nSPS) is 17.9. The second-order valence-corrected chi connectivity index (χ2v) is 12.0. The Balaban J connectivity index is 1.51. The van der Waals surface area contributed by atoms with Crippen molar-refractivity contribution in [2.45, 2.75) is 43.4 Å². The van der Waals surface area contributed by atoms with E-state index in [4.69, 9.17) is 11.6 Å². The summed E-state index contributed by atoms with van der Waals surface area (Å²) in [5, 5.41) is 3.42. The summed E-state index contributed by atoms with van der Waals surface area (Å²) in [7, 11) is -3.54. The first-order valence-electron chi connectivity index (χ1n) is 10.7. The van der Waals surface area contributed by atoms with E-state index in [1.165, 1.54) is 19.1 Å². The fourth-order valence-electron chi connectivity index (χ4n) is 4.02. The summed E-state index contributed by atoms with van der Waals surface area (Å²) in [5.74, 6) is -1.53. The number of benzene rings is 2. The summed E-state index contributed by atoms with van der Waals surface area (Å²) in [6.07, 6.45) is 0.795. The SMILES string of the molecule is CCS(=O)(=O)c1ccc(CC(=O)Nc2nc3c(s2)C(=O)C(C)(c2ccccc2Cl)CC3)c(F)c1. The van der Waals surface area contributed by atoms with Gasteiger partial charge in [-0.3, -0.25) is 9.59 Å². The first-order valence-corrected chi connectivity index (χ1v) is 13.5. The molecule has 0 aliphatic heterocycles. The number of carbonyl (C=O) groups excluding carboxylic acids is 2. The van der Waals surface area contributed by atoms with Gasteiger partial charge in [0.25, 0.3) is 0 Å². The van der Waals surface area contributed by atoms with Crippen molar-refractivity contribution in [1.29, 1.82) is 0 Å². The summed E-state index contributed by atoms with van der Waals surface area (Å²) in [6, 6.07) is 10.8. The number of thiazole rings is 1. The van der Waals surface area contributed by atoms with Crippen LogP contribution in [-0.4, -0.2) is 30.8 Å². The van der Waals surface area contributed by atoms with Crippen LogP contribution in [0.2, 0.25) is 5.02 Å². The summed E-state index contributed by atoms with van der Waals surface area (Å²) in [6.45, 7) is 3.34. The minimum absolute atomic E-state index is 0.0660. The number of fused-ring (bicyclic) bond motifs is 1. The molecule has 6 nitrogen and oxygen atoms in total. The van der Waals surface area contributed by atoms with Gasteiger partial charge in [-0.2, -0.15) is 0 Å². The van der Waals surface area contributed by atoms with Crippen molar-refractivity contribution < 1.29 is 22.4 Å². The molecule has 1 aliphatic carbocycles. The van der Waals surface area contributed by atoms with Gasteiger partial charge in [0.2, 0.25) is 5.91 Å². The minimum atomic E-state index is -3.54. The molecule has 2 aromatic carbocycles. The molecule has 0 saturated heterocycles. The van der Waals surface area contributed by atoms with Gasteiger partial charge in [-0.05, 0) is 49.1 Å². The molecule has 1 atom stereocenters. The predicted molar refractivity (Wildman–Crippen MR) is 130 cm³/mol. The monoisotopic (exact) mass is 520 g/mol. The molecule has 3 aromatic rings. The van der Waals surface area contributed by atoms with Crippen LogP contribution in [0.25, 0.3) is 0 Å². The zero-order valence-corrected chi connectivity index (χ0v) is 20.9. The molecule has 0 radical (unpaired) electrons. The number of nitrogens with one attached hydrogen (secondary N) is 1. The Morgan fingerprint density at radius 2 is 2.00 bits per heavy atom. The van der Waals surface area contributed by atoms with E-state index < -0.39 is 27.0 Å². The van der Waals surface area contributed by atoms with Crippen molar-refractivity contribution in [2.24, 2.45) is 0 Å². The first-order chi connectivity index (χ1) is 16.0. The minimum Gasteiger partial charge on any atom is -0.302 e. The maximum absolute atomic E-state index is 14.4. The maximum Gasteiger partial charge on any atom is 0.230 e. The summed E-state index contributed by atoms with van der Waals surface area (Å²) in [5.41, 5.74) is 0.657. The Kier molecular flexibility index (Phi) is 6.63. The fraction of sp³-hybridized carbons (Fsp3) is 0.292. The van der Waals surface area contributed by atoms with Crippen LogP contribution in [0, 0.1) is 5.82 Å². The largest absolute Gasteiger partial charge is 0.302 e. The van der Waals surface area contributed by atoms with Crippen LogP contribution in [0.3, 0.4) is 0 Å². The molecule has 10 heteroatoms. The smallest absolute Gasteiger partial charge is 0.230 e. The molecule has 0 spiro atoms. The van der Waals surface area contributed by atoms with Gasteiger partial charge in [0.1, 0.15) is 5.82 Å². The highest BCUT2D eigenvalue weighted by molar-refractivity contribution is 7.91.